The predicted molar refractivity (Wildman–Crippen MR) is 88.0 cm³/mol. The van der Waals surface area contributed by atoms with E-state index in [1.54, 1.807) is 0 Å². The Balaban J connectivity index is 1.51. The number of rotatable bonds is 4. The summed E-state index contributed by atoms with van der Waals surface area (Å²) in [7, 11) is 0. The SMILES string of the molecule is O=C(Nc1nnc(NC(=O)C2CCCCC2)nn1)C1CCCCC1. The van der Waals surface area contributed by atoms with Crippen molar-refractivity contribution >= 4 is 23.7 Å². The number of hydrogen-bond donors (Lipinski definition) is 2. The maximum atomic E-state index is 12.1. The fraction of sp³-hybridized carbons (Fsp3) is 0.750. The lowest BCUT2D eigenvalue weighted by atomic mass is 9.89. The van der Waals surface area contributed by atoms with Crippen LogP contribution in [-0.2, 0) is 9.59 Å². The van der Waals surface area contributed by atoms with Crippen LogP contribution in [0.3, 0.4) is 0 Å². The van der Waals surface area contributed by atoms with E-state index in [9.17, 15) is 9.59 Å². The van der Waals surface area contributed by atoms with Crippen molar-refractivity contribution in [3.8, 4) is 0 Å². The third-order valence-electron chi connectivity index (χ3n) is 4.90. The van der Waals surface area contributed by atoms with Gasteiger partial charge in [0.25, 0.3) is 11.9 Å². The predicted octanol–water partition coefficient (Wildman–Crippen LogP) is 2.30. The molecule has 0 saturated heterocycles. The summed E-state index contributed by atoms with van der Waals surface area (Å²) in [6.07, 6.45) is 10.3. The zero-order valence-electron chi connectivity index (χ0n) is 13.8. The third-order valence-corrected chi connectivity index (χ3v) is 4.90. The van der Waals surface area contributed by atoms with E-state index < -0.39 is 0 Å². The number of carbonyl (C=O) groups is 2. The van der Waals surface area contributed by atoms with Crippen LogP contribution in [0.1, 0.15) is 64.2 Å². The van der Waals surface area contributed by atoms with Crippen LogP contribution in [0.25, 0.3) is 0 Å². The summed E-state index contributed by atoms with van der Waals surface area (Å²) >= 11 is 0. The highest BCUT2D eigenvalue weighted by Gasteiger charge is 2.23. The van der Waals surface area contributed by atoms with Gasteiger partial charge in [0.1, 0.15) is 0 Å². The summed E-state index contributed by atoms with van der Waals surface area (Å²) in [6.45, 7) is 0. The molecule has 2 aliphatic carbocycles. The highest BCUT2D eigenvalue weighted by atomic mass is 16.2. The molecule has 2 N–H and O–H groups in total. The minimum Gasteiger partial charge on any atom is -0.292 e. The van der Waals surface area contributed by atoms with Gasteiger partial charge in [-0.15, -0.1) is 20.4 Å². The van der Waals surface area contributed by atoms with Crippen molar-refractivity contribution in [1.29, 1.82) is 0 Å². The molecule has 2 aliphatic rings. The Bertz CT molecular complexity index is 513. The van der Waals surface area contributed by atoms with Crippen LogP contribution >= 0.6 is 0 Å². The van der Waals surface area contributed by atoms with E-state index in [-0.39, 0.29) is 35.5 Å². The summed E-state index contributed by atoms with van der Waals surface area (Å²) in [5.74, 6) is 0.0677. The molecule has 8 heteroatoms. The van der Waals surface area contributed by atoms with Crippen LogP contribution in [-0.4, -0.2) is 32.2 Å². The van der Waals surface area contributed by atoms with E-state index >= 15 is 0 Å². The molecule has 0 atom stereocenters. The first-order valence-electron chi connectivity index (χ1n) is 8.91. The van der Waals surface area contributed by atoms with Gasteiger partial charge in [-0.25, -0.2) is 0 Å². The smallest absolute Gasteiger partial charge is 0.268 e. The Morgan fingerprint density at radius 2 is 0.958 bits per heavy atom. The Morgan fingerprint density at radius 1 is 0.625 bits per heavy atom. The molecule has 2 saturated carbocycles. The van der Waals surface area contributed by atoms with Gasteiger partial charge in [-0.3, -0.25) is 20.2 Å². The van der Waals surface area contributed by atoms with Crippen molar-refractivity contribution < 1.29 is 9.59 Å². The molecular formula is C16H24N6O2. The van der Waals surface area contributed by atoms with Gasteiger partial charge in [-0.2, -0.15) is 0 Å². The number of hydrogen-bond acceptors (Lipinski definition) is 6. The zero-order chi connectivity index (χ0) is 16.8. The van der Waals surface area contributed by atoms with Crippen molar-refractivity contribution in [2.24, 2.45) is 11.8 Å². The van der Waals surface area contributed by atoms with Crippen molar-refractivity contribution in [3.63, 3.8) is 0 Å². The number of nitrogens with zero attached hydrogens (tertiary/aromatic N) is 4. The number of carbonyl (C=O) groups excluding carboxylic acids is 2. The zero-order valence-corrected chi connectivity index (χ0v) is 13.8. The van der Waals surface area contributed by atoms with Gasteiger partial charge in [0.15, 0.2) is 0 Å². The molecular weight excluding hydrogens is 308 g/mol. The molecule has 8 nitrogen and oxygen atoms in total. The molecule has 0 radical (unpaired) electrons. The summed E-state index contributed by atoms with van der Waals surface area (Å²) in [5, 5.41) is 20.7. The van der Waals surface area contributed by atoms with Crippen LogP contribution in [0, 0.1) is 11.8 Å². The van der Waals surface area contributed by atoms with Crippen LogP contribution in [0.2, 0.25) is 0 Å². The van der Waals surface area contributed by atoms with E-state index in [2.05, 4.69) is 31.0 Å². The molecule has 1 aromatic rings. The van der Waals surface area contributed by atoms with Crippen molar-refractivity contribution in [1.82, 2.24) is 20.4 Å². The Morgan fingerprint density at radius 3 is 1.29 bits per heavy atom. The van der Waals surface area contributed by atoms with Crippen LogP contribution in [0.15, 0.2) is 0 Å². The second-order valence-corrected chi connectivity index (χ2v) is 6.70. The Labute approximate surface area is 141 Å². The largest absolute Gasteiger partial charge is 0.292 e. The molecule has 0 aliphatic heterocycles. The summed E-state index contributed by atoms with van der Waals surface area (Å²) in [5.41, 5.74) is 0. The van der Waals surface area contributed by atoms with Gasteiger partial charge < -0.3 is 0 Å². The average Bonchev–Trinajstić information content (AvgIpc) is 2.65. The average molecular weight is 332 g/mol. The fourth-order valence-electron chi connectivity index (χ4n) is 3.48. The fourth-order valence-corrected chi connectivity index (χ4v) is 3.48. The standard InChI is InChI=1S/C16H24N6O2/c23-13(11-7-3-1-4-8-11)17-15-19-21-16(22-20-15)18-14(24)12-9-5-2-6-10-12/h11-12H,1-10H2,(H,17,19,20,23)(H,18,21,22,24). The second-order valence-electron chi connectivity index (χ2n) is 6.70. The molecule has 130 valence electrons. The van der Waals surface area contributed by atoms with Gasteiger partial charge in [-0.05, 0) is 25.7 Å². The lowest BCUT2D eigenvalue weighted by Crippen LogP contribution is -2.27. The van der Waals surface area contributed by atoms with Crippen molar-refractivity contribution in [2.45, 2.75) is 64.2 Å². The Kier molecular flexibility index (Phi) is 5.66. The van der Waals surface area contributed by atoms with E-state index in [1.165, 1.54) is 12.8 Å². The number of anilines is 2. The normalized spacial score (nSPS) is 19.7. The van der Waals surface area contributed by atoms with E-state index in [4.69, 9.17) is 0 Å². The molecule has 3 rings (SSSR count). The summed E-state index contributed by atoms with van der Waals surface area (Å²) in [4.78, 5) is 24.2. The van der Waals surface area contributed by atoms with E-state index in [1.807, 2.05) is 0 Å². The monoisotopic (exact) mass is 332 g/mol. The molecule has 0 spiro atoms. The maximum absolute atomic E-state index is 12.1. The molecule has 1 aromatic heterocycles. The quantitative estimate of drug-likeness (QED) is 0.875. The van der Waals surface area contributed by atoms with Gasteiger partial charge in [-0.1, -0.05) is 38.5 Å². The second kappa shape index (κ2) is 8.12. The van der Waals surface area contributed by atoms with E-state index in [0.717, 1.165) is 51.4 Å². The van der Waals surface area contributed by atoms with Gasteiger partial charge in [0.05, 0.1) is 0 Å². The molecule has 0 unspecified atom stereocenters. The molecule has 2 amide bonds. The van der Waals surface area contributed by atoms with Crippen molar-refractivity contribution in [3.05, 3.63) is 0 Å². The Hall–Kier alpha value is -2.12. The van der Waals surface area contributed by atoms with Gasteiger partial charge >= 0.3 is 0 Å². The van der Waals surface area contributed by atoms with Gasteiger partial charge in [0, 0.05) is 11.8 Å². The molecule has 0 aromatic carbocycles. The molecule has 0 bridgehead atoms. The lowest BCUT2D eigenvalue weighted by molar-refractivity contribution is -0.121. The summed E-state index contributed by atoms with van der Waals surface area (Å²) in [6, 6.07) is 0. The highest BCUT2D eigenvalue weighted by molar-refractivity contribution is 5.91. The lowest BCUT2D eigenvalue weighted by Gasteiger charge is -2.20. The molecule has 2 fully saturated rings. The third kappa shape index (κ3) is 4.46. The first-order valence-corrected chi connectivity index (χ1v) is 8.91. The minimum absolute atomic E-state index is 0.0213. The first kappa shape index (κ1) is 16.7. The number of nitrogens with one attached hydrogen (secondary N) is 2. The van der Waals surface area contributed by atoms with E-state index in [0.29, 0.717) is 0 Å². The first-order chi connectivity index (χ1) is 11.7. The highest BCUT2D eigenvalue weighted by Crippen LogP contribution is 2.25. The van der Waals surface area contributed by atoms with Crippen LogP contribution < -0.4 is 10.6 Å². The van der Waals surface area contributed by atoms with Crippen LogP contribution in [0.5, 0.6) is 0 Å². The number of aromatic nitrogens is 4. The minimum atomic E-state index is -0.0720. The number of amides is 2. The maximum Gasteiger partial charge on any atom is 0.268 e. The molecule has 24 heavy (non-hydrogen) atoms. The summed E-state index contributed by atoms with van der Waals surface area (Å²) < 4.78 is 0. The molecule has 1 heterocycles. The van der Waals surface area contributed by atoms with Crippen molar-refractivity contribution in [2.75, 3.05) is 10.6 Å². The van der Waals surface area contributed by atoms with Crippen LogP contribution in [0.4, 0.5) is 11.9 Å². The topological polar surface area (TPSA) is 110 Å². The van der Waals surface area contributed by atoms with Gasteiger partial charge in [0.2, 0.25) is 11.8 Å².